The Kier molecular flexibility index (Phi) is 3.70. The first-order valence-corrected chi connectivity index (χ1v) is 5.82. The Hall–Kier alpha value is -0.650. The second-order valence-corrected chi connectivity index (χ2v) is 4.73. The molecule has 0 aliphatic carbocycles. The van der Waals surface area contributed by atoms with E-state index in [1.54, 1.807) is 12.1 Å². The van der Waals surface area contributed by atoms with Crippen molar-refractivity contribution in [2.45, 2.75) is 37.9 Å². The number of aliphatic hydroxyl groups is 3. The molecule has 0 spiro atoms. The van der Waals surface area contributed by atoms with Gasteiger partial charge in [0.1, 0.15) is 12.2 Å². The number of aryl methyl sites for hydroxylation is 1. The van der Waals surface area contributed by atoms with Crippen LogP contribution in [0.25, 0.3) is 0 Å². The summed E-state index contributed by atoms with van der Waals surface area (Å²) in [6, 6.07) is 5.32. The fourth-order valence-electron chi connectivity index (χ4n) is 1.91. The third kappa shape index (κ3) is 2.61. The van der Waals surface area contributed by atoms with Crippen molar-refractivity contribution in [1.82, 2.24) is 0 Å². The van der Waals surface area contributed by atoms with Gasteiger partial charge in [-0.15, -0.1) is 0 Å². The van der Waals surface area contributed by atoms with Crippen LogP contribution in [-0.2, 0) is 4.74 Å². The van der Waals surface area contributed by atoms with Gasteiger partial charge in [-0.2, -0.15) is 0 Å². The molecule has 1 fully saturated rings. The lowest BCUT2D eigenvalue weighted by molar-refractivity contribution is -0.248. The van der Waals surface area contributed by atoms with Crippen molar-refractivity contribution in [3.63, 3.8) is 0 Å². The first kappa shape index (κ1) is 12.8. The maximum absolute atomic E-state index is 9.83. The predicted octanol–water partition coefficient (Wildman–Crippen LogP) is 1.15. The second kappa shape index (κ2) is 4.92. The zero-order valence-electron chi connectivity index (χ0n) is 9.38. The number of aliphatic hydroxyl groups excluding tert-OH is 3. The van der Waals surface area contributed by atoms with Crippen molar-refractivity contribution in [3.05, 3.63) is 34.3 Å². The first-order valence-electron chi connectivity index (χ1n) is 5.44. The molecule has 2 rings (SSSR count). The summed E-state index contributed by atoms with van der Waals surface area (Å²) in [6.07, 6.45) is -3.76. The number of hydrogen-bond donors (Lipinski definition) is 3. The van der Waals surface area contributed by atoms with E-state index in [9.17, 15) is 15.3 Å². The number of halogens is 1. The monoisotopic (exact) mass is 258 g/mol. The Morgan fingerprint density at radius 2 is 1.94 bits per heavy atom. The van der Waals surface area contributed by atoms with Crippen molar-refractivity contribution in [2.75, 3.05) is 0 Å². The molecule has 0 radical (unpaired) electrons. The van der Waals surface area contributed by atoms with Crippen molar-refractivity contribution in [2.24, 2.45) is 0 Å². The van der Waals surface area contributed by atoms with E-state index in [1.165, 1.54) is 0 Å². The predicted molar refractivity (Wildman–Crippen MR) is 62.7 cm³/mol. The molecule has 1 aliphatic rings. The van der Waals surface area contributed by atoms with Gasteiger partial charge in [-0.25, -0.2) is 0 Å². The smallest absolute Gasteiger partial charge is 0.181 e. The van der Waals surface area contributed by atoms with Crippen LogP contribution in [0.1, 0.15) is 23.7 Å². The van der Waals surface area contributed by atoms with Crippen LogP contribution in [0, 0.1) is 6.92 Å². The van der Waals surface area contributed by atoms with Crippen LogP contribution in [0.3, 0.4) is 0 Å². The molecule has 5 heteroatoms. The van der Waals surface area contributed by atoms with Crippen LogP contribution in [0.5, 0.6) is 0 Å². The van der Waals surface area contributed by atoms with E-state index in [0.29, 0.717) is 10.6 Å². The molecule has 1 aromatic carbocycles. The third-order valence-corrected chi connectivity index (χ3v) is 3.38. The quantitative estimate of drug-likeness (QED) is 0.707. The Morgan fingerprint density at radius 1 is 1.24 bits per heavy atom. The molecule has 1 saturated heterocycles. The Morgan fingerprint density at radius 3 is 2.59 bits per heavy atom. The summed E-state index contributed by atoms with van der Waals surface area (Å²) in [7, 11) is 0. The Balaban J connectivity index is 2.23. The minimum absolute atomic E-state index is 0.0807. The lowest BCUT2D eigenvalue weighted by Crippen LogP contribution is -2.42. The fraction of sp³-hybridized carbons (Fsp3) is 0.500. The SMILES string of the molecule is Cc1ccc(C2OC(O)C(O)CC2O)cc1Cl. The summed E-state index contributed by atoms with van der Waals surface area (Å²) in [6.45, 7) is 1.88. The van der Waals surface area contributed by atoms with Gasteiger partial charge in [-0.3, -0.25) is 0 Å². The molecule has 0 bridgehead atoms. The summed E-state index contributed by atoms with van der Waals surface area (Å²) >= 11 is 6.00. The van der Waals surface area contributed by atoms with Crippen LogP contribution in [0.4, 0.5) is 0 Å². The van der Waals surface area contributed by atoms with Gasteiger partial charge in [0.05, 0.1) is 6.10 Å². The van der Waals surface area contributed by atoms with E-state index < -0.39 is 24.6 Å². The third-order valence-electron chi connectivity index (χ3n) is 2.97. The minimum Gasteiger partial charge on any atom is -0.390 e. The molecule has 1 aliphatic heterocycles. The van der Waals surface area contributed by atoms with Crippen LogP contribution in [-0.4, -0.2) is 33.8 Å². The highest BCUT2D eigenvalue weighted by Gasteiger charge is 2.36. The minimum atomic E-state index is -1.27. The molecular weight excluding hydrogens is 244 g/mol. The second-order valence-electron chi connectivity index (χ2n) is 4.33. The fourth-order valence-corrected chi connectivity index (χ4v) is 2.09. The number of ether oxygens (including phenoxy) is 1. The normalized spacial score (nSPS) is 33.7. The summed E-state index contributed by atoms with van der Waals surface area (Å²) in [4.78, 5) is 0. The molecule has 0 aromatic heterocycles. The van der Waals surface area contributed by atoms with Crippen LogP contribution >= 0.6 is 11.6 Å². The van der Waals surface area contributed by atoms with Crippen molar-refractivity contribution in [3.8, 4) is 0 Å². The van der Waals surface area contributed by atoms with Gasteiger partial charge >= 0.3 is 0 Å². The molecule has 4 nitrogen and oxygen atoms in total. The largest absolute Gasteiger partial charge is 0.390 e. The van der Waals surface area contributed by atoms with Gasteiger partial charge in [0.2, 0.25) is 0 Å². The molecule has 1 aromatic rings. The molecule has 3 N–H and O–H groups in total. The van der Waals surface area contributed by atoms with Gasteiger partial charge in [0, 0.05) is 11.4 Å². The van der Waals surface area contributed by atoms with Crippen LogP contribution < -0.4 is 0 Å². The standard InChI is InChI=1S/C12H15ClO4/c1-6-2-3-7(4-8(6)13)11-9(14)5-10(15)12(16)17-11/h2-4,9-12,14-16H,5H2,1H3. The highest BCUT2D eigenvalue weighted by molar-refractivity contribution is 6.31. The Labute approximate surface area is 104 Å². The molecular formula is C12H15ClO4. The van der Waals surface area contributed by atoms with Crippen molar-refractivity contribution < 1.29 is 20.1 Å². The zero-order valence-corrected chi connectivity index (χ0v) is 10.1. The molecule has 17 heavy (non-hydrogen) atoms. The molecule has 4 unspecified atom stereocenters. The Bertz CT molecular complexity index is 409. The highest BCUT2D eigenvalue weighted by Crippen LogP contribution is 2.32. The molecule has 1 heterocycles. The van der Waals surface area contributed by atoms with E-state index in [0.717, 1.165) is 5.56 Å². The molecule has 94 valence electrons. The lowest BCUT2D eigenvalue weighted by Gasteiger charge is -2.34. The molecule has 0 saturated carbocycles. The molecule has 0 amide bonds. The number of benzene rings is 1. The average Bonchev–Trinajstić information content (AvgIpc) is 2.27. The molecule has 4 atom stereocenters. The summed E-state index contributed by atoms with van der Waals surface area (Å²) < 4.78 is 5.19. The summed E-state index contributed by atoms with van der Waals surface area (Å²) in [5.41, 5.74) is 1.63. The van der Waals surface area contributed by atoms with Gasteiger partial charge < -0.3 is 20.1 Å². The van der Waals surface area contributed by atoms with Crippen LogP contribution in [0.15, 0.2) is 18.2 Å². The van der Waals surface area contributed by atoms with E-state index in [1.807, 2.05) is 13.0 Å². The number of hydrogen-bond acceptors (Lipinski definition) is 4. The first-order chi connectivity index (χ1) is 7.99. The average molecular weight is 259 g/mol. The van der Waals surface area contributed by atoms with Gasteiger partial charge in [-0.1, -0.05) is 23.7 Å². The summed E-state index contributed by atoms with van der Waals surface area (Å²) in [5.74, 6) is 0. The van der Waals surface area contributed by atoms with Crippen LogP contribution in [0.2, 0.25) is 5.02 Å². The van der Waals surface area contributed by atoms with Crippen molar-refractivity contribution in [1.29, 1.82) is 0 Å². The topological polar surface area (TPSA) is 69.9 Å². The van der Waals surface area contributed by atoms with Crippen molar-refractivity contribution >= 4 is 11.6 Å². The summed E-state index contributed by atoms with van der Waals surface area (Å²) in [5, 5.41) is 29.2. The van der Waals surface area contributed by atoms with Gasteiger partial charge in [0.25, 0.3) is 0 Å². The maximum Gasteiger partial charge on any atom is 0.181 e. The van der Waals surface area contributed by atoms with E-state index in [2.05, 4.69) is 0 Å². The maximum atomic E-state index is 9.83. The van der Waals surface area contributed by atoms with E-state index >= 15 is 0 Å². The number of rotatable bonds is 1. The zero-order chi connectivity index (χ0) is 12.6. The van der Waals surface area contributed by atoms with Gasteiger partial charge in [0.15, 0.2) is 6.29 Å². The van der Waals surface area contributed by atoms with Gasteiger partial charge in [-0.05, 0) is 24.1 Å². The van der Waals surface area contributed by atoms with E-state index in [4.69, 9.17) is 16.3 Å². The lowest BCUT2D eigenvalue weighted by atomic mass is 9.96. The highest BCUT2D eigenvalue weighted by atomic mass is 35.5. The van der Waals surface area contributed by atoms with E-state index in [-0.39, 0.29) is 6.42 Å².